The van der Waals surface area contributed by atoms with Gasteiger partial charge in [0.2, 0.25) is 0 Å². The van der Waals surface area contributed by atoms with Crippen molar-refractivity contribution in [2.24, 2.45) is 5.73 Å². The van der Waals surface area contributed by atoms with Gasteiger partial charge in [-0.25, -0.2) is 0 Å². The molecule has 1 aromatic rings. The monoisotopic (exact) mass is 253 g/mol. The molecule has 0 radical (unpaired) electrons. The number of nitrogens with zero attached hydrogens (tertiary/aromatic N) is 2. The van der Waals surface area contributed by atoms with Crippen LogP contribution < -0.4 is 10.5 Å². The zero-order chi connectivity index (χ0) is 13.0. The van der Waals surface area contributed by atoms with E-state index in [4.69, 9.17) is 15.2 Å². The molecule has 1 aliphatic heterocycles. The molecule has 18 heavy (non-hydrogen) atoms. The fraction of sp³-hybridized carbons (Fsp3) is 0.769. The lowest BCUT2D eigenvalue weighted by Gasteiger charge is -2.28. The summed E-state index contributed by atoms with van der Waals surface area (Å²) in [6.07, 6.45) is 6.18. The molecular formula is C13H23N3O2. The Hall–Kier alpha value is -1.07. The summed E-state index contributed by atoms with van der Waals surface area (Å²) in [4.78, 5) is 0. The Bertz CT molecular complexity index is 372. The van der Waals surface area contributed by atoms with Crippen molar-refractivity contribution in [1.82, 2.24) is 9.78 Å². The first kappa shape index (κ1) is 13.4. The fourth-order valence-electron chi connectivity index (χ4n) is 2.49. The molecule has 0 spiro atoms. The van der Waals surface area contributed by atoms with Crippen molar-refractivity contribution in [3.8, 4) is 5.75 Å². The minimum atomic E-state index is -0.158. The van der Waals surface area contributed by atoms with Gasteiger partial charge in [-0.1, -0.05) is 6.92 Å². The predicted octanol–water partition coefficient (Wildman–Crippen LogP) is 1.87. The molecule has 0 saturated carbocycles. The lowest BCUT2D eigenvalue weighted by atomic mass is 10.00. The van der Waals surface area contributed by atoms with Crippen LogP contribution in [0.1, 0.15) is 44.3 Å². The van der Waals surface area contributed by atoms with Gasteiger partial charge in [-0.3, -0.25) is 4.68 Å². The van der Waals surface area contributed by atoms with Gasteiger partial charge in [-0.05, 0) is 25.7 Å². The minimum absolute atomic E-state index is 0.0833. The molecule has 1 aliphatic rings. The van der Waals surface area contributed by atoms with E-state index in [1.54, 1.807) is 13.3 Å². The van der Waals surface area contributed by atoms with E-state index in [-0.39, 0.29) is 12.1 Å². The van der Waals surface area contributed by atoms with Crippen LogP contribution in [0.3, 0.4) is 0 Å². The van der Waals surface area contributed by atoms with Crippen LogP contribution in [-0.2, 0) is 11.3 Å². The second-order valence-corrected chi connectivity index (χ2v) is 4.75. The SMILES string of the molecule is CCCn1ncc(OC)c1C(N)C1CCCCO1. The third-order valence-electron chi connectivity index (χ3n) is 3.43. The molecule has 1 aromatic heterocycles. The van der Waals surface area contributed by atoms with Gasteiger partial charge in [0.1, 0.15) is 0 Å². The maximum absolute atomic E-state index is 6.36. The Labute approximate surface area is 108 Å². The van der Waals surface area contributed by atoms with Crippen LogP contribution in [0.5, 0.6) is 5.75 Å². The number of hydrogen-bond donors (Lipinski definition) is 1. The normalized spacial score (nSPS) is 21.8. The maximum atomic E-state index is 6.36. The summed E-state index contributed by atoms with van der Waals surface area (Å²) in [6, 6.07) is -0.158. The van der Waals surface area contributed by atoms with Crippen molar-refractivity contribution in [1.29, 1.82) is 0 Å². The molecule has 0 amide bonds. The molecule has 1 fully saturated rings. The average molecular weight is 253 g/mol. The zero-order valence-corrected chi connectivity index (χ0v) is 11.3. The van der Waals surface area contributed by atoms with E-state index in [0.29, 0.717) is 0 Å². The van der Waals surface area contributed by atoms with E-state index in [1.165, 1.54) is 6.42 Å². The first-order chi connectivity index (χ1) is 8.77. The molecule has 2 atom stereocenters. The molecule has 2 unspecified atom stereocenters. The second-order valence-electron chi connectivity index (χ2n) is 4.75. The number of nitrogens with two attached hydrogens (primary N) is 1. The average Bonchev–Trinajstić information content (AvgIpc) is 2.82. The van der Waals surface area contributed by atoms with Crippen molar-refractivity contribution in [2.45, 2.75) is 51.3 Å². The molecule has 5 nitrogen and oxygen atoms in total. The Morgan fingerprint density at radius 1 is 1.61 bits per heavy atom. The van der Waals surface area contributed by atoms with Crippen LogP contribution in [-0.4, -0.2) is 29.6 Å². The van der Waals surface area contributed by atoms with Crippen molar-refractivity contribution in [2.75, 3.05) is 13.7 Å². The van der Waals surface area contributed by atoms with E-state index in [0.717, 1.165) is 43.9 Å². The van der Waals surface area contributed by atoms with Gasteiger partial charge < -0.3 is 15.2 Å². The predicted molar refractivity (Wildman–Crippen MR) is 69.6 cm³/mol. The lowest BCUT2D eigenvalue weighted by Crippen LogP contribution is -2.33. The summed E-state index contributed by atoms with van der Waals surface area (Å²) in [5.41, 5.74) is 7.32. The zero-order valence-electron chi connectivity index (χ0n) is 11.3. The molecule has 5 heteroatoms. The smallest absolute Gasteiger partial charge is 0.161 e. The molecule has 2 rings (SSSR count). The third kappa shape index (κ3) is 2.67. The highest BCUT2D eigenvalue weighted by atomic mass is 16.5. The number of rotatable bonds is 5. The summed E-state index contributed by atoms with van der Waals surface area (Å²) in [6.45, 7) is 3.79. The van der Waals surface area contributed by atoms with E-state index in [9.17, 15) is 0 Å². The number of ether oxygens (including phenoxy) is 2. The minimum Gasteiger partial charge on any atom is -0.493 e. The highest BCUT2D eigenvalue weighted by Crippen LogP contribution is 2.30. The van der Waals surface area contributed by atoms with E-state index in [2.05, 4.69) is 12.0 Å². The first-order valence-electron chi connectivity index (χ1n) is 6.74. The van der Waals surface area contributed by atoms with E-state index < -0.39 is 0 Å². The Morgan fingerprint density at radius 2 is 2.44 bits per heavy atom. The molecule has 2 heterocycles. The first-order valence-corrected chi connectivity index (χ1v) is 6.74. The number of aromatic nitrogens is 2. The van der Waals surface area contributed by atoms with Crippen LogP contribution in [0.2, 0.25) is 0 Å². The van der Waals surface area contributed by atoms with Crippen molar-refractivity contribution >= 4 is 0 Å². The Morgan fingerprint density at radius 3 is 3.06 bits per heavy atom. The third-order valence-corrected chi connectivity index (χ3v) is 3.43. The van der Waals surface area contributed by atoms with Gasteiger partial charge in [0, 0.05) is 13.2 Å². The van der Waals surface area contributed by atoms with Crippen LogP contribution in [0.4, 0.5) is 0 Å². The quantitative estimate of drug-likeness (QED) is 0.870. The second kappa shape index (κ2) is 6.20. The molecule has 2 N–H and O–H groups in total. The fourth-order valence-corrected chi connectivity index (χ4v) is 2.49. The van der Waals surface area contributed by atoms with Gasteiger partial charge in [-0.15, -0.1) is 0 Å². The largest absolute Gasteiger partial charge is 0.493 e. The molecule has 1 saturated heterocycles. The van der Waals surface area contributed by atoms with E-state index in [1.807, 2.05) is 4.68 Å². The molecule has 0 bridgehead atoms. The van der Waals surface area contributed by atoms with Gasteiger partial charge in [0.25, 0.3) is 0 Å². The summed E-state index contributed by atoms with van der Waals surface area (Å²) in [5, 5.41) is 4.35. The van der Waals surface area contributed by atoms with Crippen molar-refractivity contribution < 1.29 is 9.47 Å². The van der Waals surface area contributed by atoms with Crippen LogP contribution in [0.15, 0.2) is 6.20 Å². The maximum Gasteiger partial charge on any atom is 0.161 e. The summed E-state index contributed by atoms with van der Waals surface area (Å²) in [5.74, 6) is 0.769. The summed E-state index contributed by atoms with van der Waals surface area (Å²) < 4.78 is 13.1. The number of hydrogen-bond acceptors (Lipinski definition) is 4. The van der Waals surface area contributed by atoms with Crippen LogP contribution >= 0.6 is 0 Å². The standard InChI is InChI=1S/C13H23N3O2/c1-3-7-16-13(11(17-2)9-15-16)12(14)10-6-4-5-8-18-10/h9-10,12H,3-8,14H2,1-2H3. The van der Waals surface area contributed by atoms with Crippen molar-refractivity contribution in [3.05, 3.63) is 11.9 Å². The highest BCUT2D eigenvalue weighted by Gasteiger charge is 2.28. The molecule has 0 aromatic carbocycles. The van der Waals surface area contributed by atoms with Gasteiger partial charge >= 0.3 is 0 Å². The number of aryl methyl sites for hydroxylation is 1. The topological polar surface area (TPSA) is 62.3 Å². The molecule has 102 valence electrons. The van der Waals surface area contributed by atoms with Gasteiger partial charge in [-0.2, -0.15) is 5.10 Å². The van der Waals surface area contributed by atoms with Crippen molar-refractivity contribution in [3.63, 3.8) is 0 Å². The number of methoxy groups -OCH3 is 1. The van der Waals surface area contributed by atoms with E-state index >= 15 is 0 Å². The lowest BCUT2D eigenvalue weighted by molar-refractivity contribution is -0.00204. The highest BCUT2D eigenvalue weighted by molar-refractivity contribution is 5.29. The Kier molecular flexibility index (Phi) is 4.60. The summed E-state index contributed by atoms with van der Waals surface area (Å²) >= 11 is 0. The molecular weight excluding hydrogens is 230 g/mol. The molecule has 0 aliphatic carbocycles. The van der Waals surface area contributed by atoms with Gasteiger partial charge in [0.15, 0.2) is 5.75 Å². The Balaban J connectivity index is 2.20. The van der Waals surface area contributed by atoms with Crippen LogP contribution in [0, 0.1) is 0 Å². The summed E-state index contributed by atoms with van der Waals surface area (Å²) in [7, 11) is 1.66. The van der Waals surface area contributed by atoms with Crippen LogP contribution in [0.25, 0.3) is 0 Å². The van der Waals surface area contributed by atoms with Gasteiger partial charge in [0.05, 0.1) is 31.1 Å².